The highest BCUT2D eigenvalue weighted by atomic mass is 15.3. The summed E-state index contributed by atoms with van der Waals surface area (Å²) < 4.78 is 1.72. The van der Waals surface area contributed by atoms with Crippen LogP contribution in [0.3, 0.4) is 0 Å². The molecule has 0 aliphatic rings. The van der Waals surface area contributed by atoms with Crippen LogP contribution >= 0.6 is 0 Å². The average molecular weight is 148 g/mol. The molecule has 11 heavy (non-hydrogen) atoms. The average Bonchev–Trinajstić information content (AvgIpc) is 2.30. The van der Waals surface area contributed by atoms with Gasteiger partial charge in [-0.1, -0.05) is 0 Å². The van der Waals surface area contributed by atoms with Crippen LogP contribution in [0.1, 0.15) is 5.69 Å². The number of nitrogen functional groups attached to an aromatic ring is 1. The molecule has 2 rings (SSSR count). The van der Waals surface area contributed by atoms with Crippen LogP contribution in [0.4, 0.5) is 5.82 Å². The van der Waals surface area contributed by atoms with E-state index >= 15 is 0 Å². The van der Waals surface area contributed by atoms with Crippen LogP contribution in [0, 0.1) is 6.92 Å². The Morgan fingerprint density at radius 3 is 3.09 bits per heavy atom. The highest BCUT2D eigenvalue weighted by molar-refractivity contribution is 5.49. The van der Waals surface area contributed by atoms with E-state index in [-0.39, 0.29) is 0 Å². The van der Waals surface area contributed by atoms with Crippen molar-refractivity contribution in [1.29, 1.82) is 0 Å². The van der Waals surface area contributed by atoms with E-state index in [4.69, 9.17) is 5.73 Å². The molecule has 2 aromatic rings. The van der Waals surface area contributed by atoms with Crippen LogP contribution in [0.15, 0.2) is 18.3 Å². The van der Waals surface area contributed by atoms with Gasteiger partial charge in [0.1, 0.15) is 5.82 Å². The highest BCUT2D eigenvalue weighted by Gasteiger charge is 2.02. The van der Waals surface area contributed by atoms with Crippen molar-refractivity contribution in [3.63, 3.8) is 0 Å². The lowest BCUT2D eigenvalue weighted by Crippen LogP contribution is -1.92. The van der Waals surface area contributed by atoms with E-state index in [9.17, 15) is 0 Å². The molecule has 0 saturated heterocycles. The third kappa shape index (κ3) is 0.756. The maximum atomic E-state index is 5.58. The van der Waals surface area contributed by atoms with Crippen LogP contribution in [-0.2, 0) is 0 Å². The summed E-state index contributed by atoms with van der Waals surface area (Å²) >= 11 is 0. The largest absolute Gasteiger partial charge is 0.382 e. The molecule has 2 N–H and O–H groups in total. The van der Waals surface area contributed by atoms with Gasteiger partial charge in [0.15, 0.2) is 5.65 Å². The van der Waals surface area contributed by atoms with Crippen molar-refractivity contribution in [2.45, 2.75) is 6.92 Å². The van der Waals surface area contributed by atoms with E-state index in [0.29, 0.717) is 5.82 Å². The third-order valence-electron chi connectivity index (χ3n) is 1.65. The third-order valence-corrected chi connectivity index (χ3v) is 1.65. The standard InChI is InChI=1S/C7H8N4/c1-5-7(8)10-6-3-2-4-9-11(5)6/h2-4H,8H2,1H3. The Labute approximate surface area is 63.7 Å². The fourth-order valence-electron chi connectivity index (χ4n) is 1.02. The van der Waals surface area contributed by atoms with Gasteiger partial charge in [-0.25, -0.2) is 9.50 Å². The Morgan fingerprint density at radius 1 is 1.55 bits per heavy atom. The van der Waals surface area contributed by atoms with Crippen LogP contribution in [0.5, 0.6) is 0 Å². The number of nitrogens with two attached hydrogens (primary N) is 1. The Balaban J connectivity index is 2.92. The monoisotopic (exact) mass is 148 g/mol. The first-order chi connectivity index (χ1) is 5.29. The van der Waals surface area contributed by atoms with Gasteiger partial charge < -0.3 is 5.73 Å². The number of nitrogens with zero attached hydrogens (tertiary/aromatic N) is 3. The van der Waals surface area contributed by atoms with Crippen LogP contribution < -0.4 is 5.73 Å². The number of hydrogen-bond donors (Lipinski definition) is 1. The minimum absolute atomic E-state index is 0.545. The van der Waals surface area contributed by atoms with Crippen LogP contribution in [0.2, 0.25) is 0 Å². The molecule has 0 fully saturated rings. The fraction of sp³-hybridized carbons (Fsp3) is 0.143. The normalized spacial score (nSPS) is 10.6. The minimum Gasteiger partial charge on any atom is -0.382 e. The molecule has 4 heteroatoms. The maximum Gasteiger partial charge on any atom is 0.156 e. The first-order valence-electron chi connectivity index (χ1n) is 3.35. The van der Waals surface area contributed by atoms with E-state index in [1.54, 1.807) is 10.7 Å². The molecule has 0 bridgehead atoms. The molecule has 0 saturated carbocycles. The minimum atomic E-state index is 0.545. The Bertz CT molecular complexity index is 390. The van der Waals surface area contributed by atoms with Gasteiger partial charge in [-0.05, 0) is 19.1 Å². The van der Waals surface area contributed by atoms with E-state index in [1.165, 1.54) is 0 Å². The molecule has 0 aliphatic heterocycles. The summed E-state index contributed by atoms with van der Waals surface area (Å²) in [5.74, 6) is 0.545. The summed E-state index contributed by atoms with van der Waals surface area (Å²) in [7, 11) is 0. The molecule has 56 valence electrons. The zero-order valence-electron chi connectivity index (χ0n) is 6.15. The Kier molecular flexibility index (Phi) is 1.09. The van der Waals surface area contributed by atoms with Gasteiger partial charge in [0.2, 0.25) is 0 Å². The summed E-state index contributed by atoms with van der Waals surface area (Å²) in [6.07, 6.45) is 1.71. The number of aromatic nitrogens is 3. The number of imidazole rings is 1. The first kappa shape index (κ1) is 6.15. The van der Waals surface area contributed by atoms with E-state index < -0.39 is 0 Å². The summed E-state index contributed by atoms with van der Waals surface area (Å²) in [6.45, 7) is 1.89. The number of rotatable bonds is 0. The molecule has 0 aliphatic carbocycles. The predicted molar refractivity (Wildman–Crippen MR) is 42.1 cm³/mol. The second-order valence-electron chi connectivity index (χ2n) is 2.38. The van der Waals surface area contributed by atoms with Gasteiger partial charge >= 0.3 is 0 Å². The predicted octanol–water partition coefficient (Wildman–Crippen LogP) is 0.620. The smallest absolute Gasteiger partial charge is 0.156 e. The van der Waals surface area contributed by atoms with Gasteiger partial charge in [-0.3, -0.25) is 0 Å². The lowest BCUT2D eigenvalue weighted by molar-refractivity contribution is 0.900. The van der Waals surface area contributed by atoms with Gasteiger partial charge in [0.25, 0.3) is 0 Å². The second kappa shape index (κ2) is 1.95. The van der Waals surface area contributed by atoms with Crippen molar-refractivity contribution in [2.75, 3.05) is 5.73 Å². The van der Waals surface area contributed by atoms with Gasteiger partial charge in [0.05, 0.1) is 5.69 Å². The van der Waals surface area contributed by atoms with Crippen molar-refractivity contribution >= 4 is 11.5 Å². The van der Waals surface area contributed by atoms with Crippen molar-refractivity contribution in [2.24, 2.45) is 0 Å². The number of fused-ring (bicyclic) bond motifs is 1. The Morgan fingerprint density at radius 2 is 2.36 bits per heavy atom. The molecule has 4 nitrogen and oxygen atoms in total. The molecule has 2 heterocycles. The molecule has 2 aromatic heterocycles. The SMILES string of the molecule is Cc1c(N)nc2cccnn12. The molecular weight excluding hydrogens is 140 g/mol. The maximum absolute atomic E-state index is 5.58. The highest BCUT2D eigenvalue weighted by Crippen LogP contribution is 2.09. The first-order valence-corrected chi connectivity index (χ1v) is 3.35. The van der Waals surface area contributed by atoms with E-state index in [0.717, 1.165) is 11.3 Å². The van der Waals surface area contributed by atoms with Gasteiger partial charge in [-0.2, -0.15) is 5.10 Å². The fourth-order valence-corrected chi connectivity index (χ4v) is 1.02. The van der Waals surface area contributed by atoms with Crippen molar-refractivity contribution in [3.05, 3.63) is 24.0 Å². The van der Waals surface area contributed by atoms with Crippen molar-refractivity contribution in [1.82, 2.24) is 14.6 Å². The number of aryl methyl sites for hydroxylation is 1. The molecule has 0 radical (unpaired) electrons. The lowest BCUT2D eigenvalue weighted by atomic mass is 10.5. The zero-order chi connectivity index (χ0) is 7.84. The van der Waals surface area contributed by atoms with Gasteiger partial charge in [-0.15, -0.1) is 0 Å². The number of hydrogen-bond acceptors (Lipinski definition) is 3. The molecular formula is C7H8N4. The molecule has 0 unspecified atom stereocenters. The summed E-state index contributed by atoms with van der Waals surface area (Å²) in [5, 5.41) is 4.08. The van der Waals surface area contributed by atoms with E-state index in [1.807, 2.05) is 19.1 Å². The second-order valence-corrected chi connectivity index (χ2v) is 2.38. The summed E-state index contributed by atoms with van der Waals surface area (Å²) in [5.41, 5.74) is 7.26. The topological polar surface area (TPSA) is 56.2 Å². The van der Waals surface area contributed by atoms with Crippen molar-refractivity contribution < 1.29 is 0 Å². The van der Waals surface area contributed by atoms with E-state index in [2.05, 4.69) is 10.1 Å². The zero-order valence-corrected chi connectivity index (χ0v) is 6.15. The lowest BCUT2D eigenvalue weighted by Gasteiger charge is -1.90. The molecule has 0 spiro atoms. The quantitative estimate of drug-likeness (QED) is 0.595. The van der Waals surface area contributed by atoms with Gasteiger partial charge in [0, 0.05) is 6.20 Å². The summed E-state index contributed by atoms with van der Waals surface area (Å²) in [6, 6.07) is 3.71. The number of anilines is 1. The molecule has 0 amide bonds. The Hall–Kier alpha value is -1.58. The molecule has 0 aromatic carbocycles. The molecule has 0 atom stereocenters. The summed E-state index contributed by atoms with van der Waals surface area (Å²) in [4.78, 5) is 4.09. The van der Waals surface area contributed by atoms with Crippen molar-refractivity contribution in [3.8, 4) is 0 Å². The van der Waals surface area contributed by atoms with Crippen LogP contribution in [0.25, 0.3) is 5.65 Å². The van der Waals surface area contributed by atoms with Crippen LogP contribution in [-0.4, -0.2) is 14.6 Å².